The van der Waals surface area contributed by atoms with E-state index in [0.29, 0.717) is 19.7 Å². The maximum absolute atomic E-state index is 12.6. The summed E-state index contributed by atoms with van der Waals surface area (Å²) in [6.45, 7) is 1.17. The Morgan fingerprint density at radius 2 is 1.78 bits per heavy atom. The van der Waals surface area contributed by atoms with Crippen LogP contribution in [0.5, 0.6) is 0 Å². The van der Waals surface area contributed by atoms with Crippen molar-refractivity contribution in [3.05, 3.63) is 70.2 Å². The van der Waals surface area contributed by atoms with Gasteiger partial charge in [-0.2, -0.15) is 4.31 Å². The Hall–Kier alpha value is -1.21. The van der Waals surface area contributed by atoms with Gasteiger partial charge in [0.05, 0.1) is 18.5 Å². The zero-order valence-corrected chi connectivity index (χ0v) is 15.0. The molecule has 2 aromatic carbocycles. The summed E-state index contributed by atoms with van der Waals surface area (Å²) in [5, 5.41) is 0. The standard InChI is InChI=1S/C17H18BrNO3S/c18-16-8-6-15(7-9-16)17-12-19(10-11-22-17)23(20,21)13-14-4-2-1-3-5-14/h1-9,17H,10-13H2. The molecule has 1 atom stereocenters. The predicted molar refractivity (Wildman–Crippen MR) is 93.5 cm³/mol. The van der Waals surface area contributed by atoms with Crippen molar-refractivity contribution in [1.29, 1.82) is 0 Å². The van der Waals surface area contributed by atoms with Crippen LogP contribution in [-0.4, -0.2) is 32.4 Å². The van der Waals surface area contributed by atoms with Crippen molar-refractivity contribution in [2.45, 2.75) is 11.9 Å². The smallest absolute Gasteiger partial charge is 0.218 e. The zero-order valence-electron chi connectivity index (χ0n) is 12.6. The molecule has 0 amide bonds. The third-order valence-corrected chi connectivity index (χ3v) is 6.20. The second-order valence-corrected chi connectivity index (χ2v) is 8.40. The molecule has 0 aliphatic carbocycles. The Morgan fingerprint density at radius 1 is 1.09 bits per heavy atom. The van der Waals surface area contributed by atoms with Crippen LogP contribution in [0.1, 0.15) is 17.2 Å². The number of rotatable bonds is 4. The molecular weight excluding hydrogens is 378 g/mol. The Kier molecular flexibility index (Phi) is 5.16. The molecule has 0 saturated carbocycles. The summed E-state index contributed by atoms with van der Waals surface area (Å²) in [4.78, 5) is 0. The van der Waals surface area contributed by atoms with E-state index in [0.717, 1.165) is 15.6 Å². The van der Waals surface area contributed by atoms with Crippen molar-refractivity contribution < 1.29 is 13.2 Å². The van der Waals surface area contributed by atoms with Gasteiger partial charge in [-0.15, -0.1) is 0 Å². The molecule has 0 bridgehead atoms. The first kappa shape index (κ1) is 16.6. The van der Waals surface area contributed by atoms with Crippen LogP contribution in [0.3, 0.4) is 0 Å². The summed E-state index contributed by atoms with van der Waals surface area (Å²) in [7, 11) is -3.34. The first-order valence-corrected chi connectivity index (χ1v) is 9.84. The van der Waals surface area contributed by atoms with E-state index in [-0.39, 0.29) is 11.9 Å². The van der Waals surface area contributed by atoms with E-state index in [4.69, 9.17) is 4.74 Å². The molecule has 0 aromatic heterocycles. The van der Waals surface area contributed by atoms with E-state index in [1.807, 2.05) is 54.6 Å². The number of ether oxygens (including phenoxy) is 1. The van der Waals surface area contributed by atoms with E-state index in [2.05, 4.69) is 15.9 Å². The summed E-state index contributed by atoms with van der Waals surface area (Å²) in [6.07, 6.45) is -0.220. The van der Waals surface area contributed by atoms with Gasteiger partial charge >= 0.3 is 0 Å². The first-order chi connectivity index (χ1) is 11.0. The monoisotopic (exact) mass is 395 g/mol. The summed E-state index contributed by atoms with van der Waals surface area (Å²) in [5.41, 5.74) is 1.80. The van der Waals surface area contributed by atoms with Crippen LogP contribution in [0.15, 0.2) is 59.1 Å². The zero-order chi connectivity index (χ0) is 16.3. The minimum atomic E-state index is -3.34. The van der Waals surface area contributed by atoms with Crippen LogP contribution in [-0.2, 0) is 20.5 Å². The Bertz CT molecular complexity index is 747. The maximum atomic E-state index is 12.6. The van der Waals surface area contributed by atoms with Gasteiger partial charge < -0.3 is 4.74 Å². The molecule has 1 fully saturated rings. The SMILES string of the molecule is O=S(=O)(Cc1ccccc1)N1CCOC(c2ccc(Br)cc2)C1. The normalized spacial score (nSPS) is 19.6. The average Bonchev–Trinajstić information content (AvgIpc) is 2.56. The lowest BCUT2D eigenvalue weighted by Crippen LogP contribution is -2.42. The largest absolute Gasteiger partial charge is 0.371 e. The summed E-state index contributed by atoms with van der Waals surface area (Å²) in [5.74, 6) is 0.0287. The average molecular weight is 396 g/mol. The number of sulfonamides is 1. The molecule has 0 spiro atoms. The molecule has 1 unspecified atom stereocenters. The molecule has 1 heterocycles. The number of morpholine rings is 1. The highest BCUT2D eigenvalue weighted by molar-refractivity contribution is 9.10. The summed E-state index contributed by atoms with van der Waals surface area (Å²) in [6, 6.07) is 17.1. The van der Waals surface area contributed by atoms with Crippen molar-refractivity contribution in [2.24, 2.45) is 0 Å². The van der Waals surface area contributed by atoms with E-state index in [1.165, 1.54) is 4.31 Å². The van der Waals surface area contributed by atoms with Crippen molar-refractivity contribution in [3.8, 4) is 0 Å². The highest BCUT2D eigenvalue weighted by Crippen LogP contribution is 2.26. The fourth-order valence-corrected chi connectivity index (χ4v) is 4.41. The molecule has 122 valence electrons. The molecule has 0 radical (unpaired) electrons. The van der Waals surface area contributed by atoms with Crippen LogP contribution >= 0.6 is 15.9 Å². The molecule has 1 aliphatic heterocycles. The Labute approximate surface area is 145 Å². The lowest BCUT2D eigenvalue weighted by molar-refractivity contribution is -0.00260. The Morgan fingerprint density at radius 3 is 2.48 bits per heavy atom. The van der Waals surface area contributed by atoms with Crippen LogP contribution in [0.4, 0.5) is 0 Å². The van der Waals surface area contributed by atoms with Crippen LogP contribution < -0.4 is 0 Å². The number of hydrogen-bond acceptors (Lipinski definition) is 3. The van der Waals surface area contributed by atoms with E-state index >= 15 is 0 Å². The van der Waals surface area contributed by atoms with Crippen molar-refractivity contribution >= 4 is 26.0 Å². The minimum Gasteiger partial charge on any atom is -0.371 e. The van der Waals surface area contributed by atoms with Crippen molar-refractivity contribution in [2.75, 3.05) is 19.7 Å². The molecule has 6 heteroatoms. The van der Waals surface area contributed by atoms with Gasteiger partial charge in [0.15, 0.2) is 0 Å². The highest BCUT2D eigenvalue weighted by Gasteiger charge is 2.30. The van der Waals surface area contributed by atoms with Gasteiger partial charge in [0.2, 0.25) is 10.0 Å². The third-order valence-electron chi connectivity index (χ3n) is 3.86. The van der Waals surface area contributed by atoms with Gasteiger partial charge in [-0.25, -0.2) is 8.42 Å². The maximum Gasteiger partial charge on any atom is 0.218 e. The van der Waals surface area contributed by atoms with Crippen LogP contribution in [0.2, 0.25) is 0 Å². The topological polar surface area (TPSA) is 46.6 Å². The number of benzene rings is 2. The predicted octanol–water partition coefficient (Wildman–Crippen LogP) is 3.35. The van der Waals surface area contributed by atoms with Gasteiger partial charge in [-0.3, -0.25) is 0 Å². The molecule has 1 aliphatic rings. The lowest BCUT2D eigenvalue weighted by Gasteiger charge is -2.32. The highest BCUT2D eigenvalue weighted by atomic mass is 79.9. The Balaban J connectivity index is 1.73. The second kappa shape index (κ2) is 7.13. The lowest BCUT2D eigenvalue weighted by atomic mass is 10.1. The fraction of sp³-hybridized carbons (Fsp3) is 0.294. The summed E-state index contributed by atoms with van der Waals surface area (Å²) >= 11 is 3.40. The number of halogens is 1. The number of nitrogens with zero attached hydrogens (tertiary/aromatic N) is 1. The van der Waals surface area contributed by atoms with Gasteiger partial charge in [0.1, 0.15) is 0 Å². The van der Waals surface area contributed by atoms with E-state index in [9.17, 15) is 8.42 Å². The van der Waals surface area contributed by atoms with E-state index < -0.39 is 10.0 Å². The van der Waals surface area contributed by atoms with Gasteiger partial charge in [-0.1, -0.05) is 58.4 Å². The van der Waals surface area contributed by atoms with Gasteiger partial charge in [0.25, 0.3) is 0 Å². The number of hydrogen-bond donors (Lipinski definition) is 0. The minimum absolute atomic E-state index is 0.0287. The van der Waals surface area contributed by atoms with Crippen LogP contribution in [0.25, 0.3) is 0 Å². The van der Waals surface area contributed by atoms with Gasteiger partial charge in [0, 0.05) is 17.6 Å². The van der Waals surface area contributed by atoms with Crippen molar-refractivity contribution in [3.63, 3.8) is 0 Å². The molecule has 4 nitrogen and oxygen atoms in total. The molecule has 23 heavy (non-hydrogen) atoms. The molecular formula is C17H18BrNO3S. The van der Waals surface area contributed by atoms with Crippen LogP contribution in [0, 0.1) is 0 Å². The van der Waals surface area contributed by atoms with Gasteiger partial charge in [-0.05, 0) is 23.3 Å². The second-order valence-electron chi connectivity index (χ2n) is 5.51. The molecule has 3 rings (SSSR count). The molecule has 2 aromatic rings. The quantitative estimate of drug-likeness (QED) is 0.797. The van der Waals surface area contributed by atoms with Crippen molar-refractivity contribution in [1.82, 2.24) is 4.31 Å². The molecule has 0 N–H and O–H groups in total. The van der Waals surface area contributed by atoms with E-state index in [1.54, 1.807) is 0 Å². The first-order valence-electron chi connectivity index (χ1n) is 7.43. The third kappa shape index (κ3) is 4.20. The molecule has 1 saturated heterocycles. The summed E-state index contributed by atoms with van der Waals surface area (Å²) < 4.78 is 33.6. The fourth-order valence-electron chi connectivity index (χ4n) is 2.63.